The molecule has 0 aromatic heterocycles. The summed E-state index contributed by atoms with van der Waals surface area (Å²) in [6.07, 6.45) is -0.524. The molecule has 0 aliphatic heterocycles. The molecular formula is C7H13ClO5. The van der Waals surface area contributed by atoms with Crippen LogP contribution in [0.5, 0.6) is 0 Å². The van der Waals surface area contributed by atoms with Crippen LogP contribution in [-0.4, -0.2) is 34.3 Å². The molecule has 6 heteroatoms. The van der Waals surface area contributed by atoms with Crippen molar-refractivity contribution in [1.29, 1.82) is 0 Å². The van der Waals surface area contributed by atoms with E-state index >= 15 is 0 Å². The fraction of sp³-hybridized carbons (Fsp3) is 0.714. The number of esters is 1. The van der Waals surface area contributed by atoms with Gasteiger partial charge in [0, 0.05) is 11.6 Å². The summed E-state index contributed by atoms with van der Waals surface area (Å²) in [5, 5.41) is 16.0. The maximum atomic E-state index is 10.5. The highest BCUT2D eigenvalue weighted by molar-refractivity contribution is 6.60. The number of ether oxygens (including phenoxy) is 1. The van der Waals surface area contributed by atoms with Crippen molar-refractivity contribution in [3.8, 4) is 0 Å². The highest BCUT2D eigenvalue weighted by atomic mass is 35.5. The molecule has 1 unspecified atom stereocenters. The predicted octanol–water partition coefficient (Wildman–Crippen LogP) is 1.22. The van der Waals surface area contributed by atoms with E-state index in [2.05, 4.69) is 16.3 Å². The average Bonchev–Trinajstić information content (AvgIpc) is 2.02. The lowest BCUT2D eigenvalue weighted by Crippen LogP contribution is -2.21. The quantitative estimate of drug-likeness (QED) is 0.543. The van der Waals surface area contributed by atoms with Crippen LogP contribution in [0.4, 0.5) is 4.79 Å². The first-order valence-electron chi connectivity index (χ1n) is 3.68. The van der Waals surface area contributed by atoms with Gasteiger partial charge in [0.1, 0.15) is 0 Å². The van der Waals surface area contributed by atoms with Crippen molar-refractivity contribution in [3.63, 3.8) is 0 Å². The van der Waals surface area contributed by atoms with E-state index in [-0.39, 0.29) is 0 Å². The zero-order valence-corrected chi connectivity index (χ0v) is 8.24. The van der Waals surface area contributed by atoms with Gasteiger partial charge < -0.3 is 14.9 Å². The topological polar surface area (TPSA) is 83.8 Å². The molecule has 0 spiro atoms. The zero-order chi connectivity index (χ0) is 10.9. The van der Waals surface area contributed by atoms with Crippen molar-refractivity contribution < 1.29 is 24.5 Å². The monoisotopic (exact) mass is 212 g/mol. The van der Waals surface area contributed by atoms with Crippen LogP contribution in [0.25, 0.3) is 0 Å². The molecule has 0 aliphatic rings. The molecule has 0 saturated carbocycles. The number of aliphatic hydroxyl groups excluding tert-OH is 1. The average molecular weight is 213 g/mol. The number of carbonyl (C=O) groups excluding carboxylic acids is 1. The van der Waals surface area contributed by atoms with Crippen LogP contribution in [0.15, 0.2) is 0 Å². The molecule has 1 atom stereocenters. The van der Waals surface area contributed by atoms with E-state index in [1.165, 1.54) is 0 Å². The molecule has 5 nitrogen and oxygen atoms in total. The summed E-state index contributed by atoms with van der Waals surface area (Å²) in [6, 6.07) is 0. The molecule has 0 radical (unpaired) electrons. The smallest absolute Gasteiger partial charge is 0.401 e. The van der Waals surface area contributed by atoms with Crippen LogP contribution in [0.3, 0.4) is 0 Å². The van der Waals surface area contributed by atoms with Gasteiger partial charge in [0.15, 0.2) is 6.10 Å². The molecule has 13 heavy (non-hydrogen) atoms. The normalized spacial score (nSPS) is 10.8. The third kappa shape index (κ3) is 14.1. The Bertz CT molecular complexity index is 155. The Balaban J connectivity index is 0. The van der Waals surface area contributed by atoms with Gasteiger partial charge in [-0.25, -0.2) is 9.59 Å². The van der Waals surface area contributed by atoms with E-state index in [9.17, 15) is 4.79 Å². The molecule has 0 fully saturated rings. The van der Waals surface area contributed by atoms with Gasteiger partial charge in [-0.3, -0.25) is 0 Å². The standard InChI is InChI=1S/C6H12O3.CHClO2/c1-3-5(7)6(8)9-4-2;2-1(3)4/h5,7H,3-4H2,1-2H3;(H,3,4). The largest absolute Gasteiger partial charge is 0.469 e. The Morgan fingerprint density at radius 1 is 1.46 bits per heavy atom. The summed E-state index contributed by atoms with van der Waals surface area (Å²) in [4.78, 5) is 19.3. The van der Waals surface area contributed by atoms with Gasteiger partial charge in [-0.05, 0) is 13.3 Å². The Morgan fingerprint density at radius 2 is 1.85 bits per heavy atom. The van der Waals surface area contributed by atoms with E-state index in [1.54, 1.807) is 13.8 Å². The van der Waals surface area contributed by atoms with Crippen molar-refractivity contribution in [3.05, 3.63) is 0 Å². The molecule has 0 amide bonds. The molecule has 0 aliphatic carbocycles. The van der Waals surface area contributed by atoms with Gasteiger partial charge in [-0.15, -0.1) is 0 Å². The van der Waals surface area contributed by atoms with Gasteiger partial charge in [0.25, 0.3) is 0 Å². The van der Waals surface area contributed by atoms with Crippen LogP contribution in [0.1, 0.15) is 20.3 Å². The van der Waals surface area contributed by atoms with Gasteiger partial charge in [0.05, 0.1) is 6.61 Å². The summed E-state index contributed by atoms with van der Waals surface area (Å²) >= 11 is 4.19. The summed E-state index contributed by atoms with van der Waals surface area (Å²) in [5.74, 6) is -0.528. The maximum absolute atomic E-state index is 10.5. The molecule has 0 heterocycles. The fourth-order valence-electron chi connectivity index (χ4n) is 0.405. The maximum Gasteiger partial charge on any atom is 0.401 e. The second-order valence-electron chi connectivity index (χ2n) is 1.93. The van der Waals surface area contributed by atoms with Gasteiger partial charge in [-0.1, -0.05) is 6.92 Å². The molecule has 2 N–H and O–H groups in total. The van der Waals surface area contributed by atoms with E-state index in [1.807, 2.05) is 0 Å². The van der Waals surface area contributed by atoms with Crippen LogP contribution >= 0.6 is 11.6 Å². The summed E-state index contributed by atoms with van der Waals surface area (Å²) in [5.41, 5.74) is -1.36. The molecule has 0 rings (SSSR count). The molecule has 0 aromatic rings. The van der Waals surface area contributed by atoms with Crippen molar-refractivity contribution in [2.45, 2.75) is 26.4 Å². The third-order valence-corrected chi connectivity index (χ3v) is 0.945. The second kappa shape index (κ2) is 9.28. The number of hydrogen-bond donors (Lipinski definition) is 2. The van der Waals surface area contributed by atoms with Crippen molar-refractivity contribution in [2.75, 3.05) is 6.61 Å². The lowest BCUT2D eigenvalue weighted by atomic mass is 10.3. The first kappa shape index (κ1) is 14.7. The Kier molecular flexibility index (Phi) is 10.5. The Labute approximate surface area is 81.3 Å². The van der Waals surface area contributed by atoms with E-state index in [0.717, 1.165) is 0 Å². The van der Waals surface area contributed by atoms with Crippen molar-refractivity contribution in [1.82, 2.24) is 0 Å². The van der Waals surface area contributed by atoms with Crippen LogP contribution in [-0.2, 0) is 9.53 Å². The second-order valence-corrected chi connectivity index (χ2v) is 2.25. The van der Waals surface area contributed by atoms with Crippen LogP contribution in [0, 0.1) is 0 Å². The van der Waals surface area contributed by atoms with E-state index < -0.39 is 17.5 Å². The number of carbonyl (C=O) groups is 2. The number of hydrogen-bond acceptors (Lipinski definition) is 4. The Morgan fingerprint density at radius 3 is 2.08 bits per heavy atom. The third-order valence-electron chi connectivity index (χ3n) is 0.945. The fourth-order valence-corrected chi connectivity index (χ4v) is 0.405. The summed E-state index contributed by atoms with van der Waals surface area (Å²) in [7, 11) is 0. The van der Waals surface area contributed by atoms with Gasteiger partial charge in [0.2, 0.25) is 0 Å². The van der Waals surface area contributed by atoms with Crippen molar-refractivity contribution in [2.24, 2.45) is 0 Å². The van der Waals surface area contributed by atoms with Crippen molar-refractivity contribution >= 4 is 23.0 Å². The summed E-state index contributed by atoms with van der Waals surface area (Å²) < 4.78 is 4.51. The molecule has 0 bridgehead atoms. The lowest BCUT2D eigenvalue weighted by molar-refractivity contribution is -0.153. The number of halogens is 1. The first-order chi connectivity index (χ1) is 5.95. The highest BCUT2D eigenvalue weighted by Gasteiger charge is 2.11. The molecule has 0 aromatic carbocycles. The van der Waals surface area contributed by atoms with Crippen LogP contribution < -0.4 is 0 Å². The lowest BCUT2D eigenvalue weighted by Gasteiger charge is -2.04. The molecular weight excluding hydrogens is 200 g/mol. The van der Waals surface area contributed by atoms with E-state index in [4.69, 9.17) is 15.0 Å². The van der Waals surface area contributed by atoms with Gasteiger partial charge in [-0.2, -0.15) is 0 Å². The number of aliphatic hydroxyl groups is 1. The zero-order valence-electron chi connectivity index (χ0n) is 7.49. The van der Waals surface area contributed by atoms with Gasteiger partial charge >= 0.3 is 11.4 Å². The number of carboxylic acid groups (broad SMARTS) is 1. The molecule has 78 valence electrons. The highest BCUT2D eigenvalue weighted by Crippen LogP contribution is 1.92. The predicted molar refractivity (Wildman–Crippen MR) is 46.8 cm³/mol. The summed E-state index contributed by atoms with van der Waals surface area (Å²) in [6.45, 7) is 3.76. The van der Waals surface area contributed by atoms with E-state index in [0.29, 0.717) is 13.0 Å². The minimum atomic E-state index is -1.36. The minimum Gasteiger partial charge on any atom is -0.469 e. The first-order valence-corrected chi connectivity index (χ1v) is 4.06. The number of rotatable bonds is 3. The van der Waals surface area contributed by atoms with Crippen LogP contribution in [0.2, 0.25) is 0 Å². The SMILES string of the molecule is CCOC(=O)C(O)CC.O=C(O)Cl. The molecule has 0 saturated heterocycles. The Hall–Kier alpha value is -0.810. The minimum absolute atomic E-state index is 0.329.